The number of nitrogens with one attached hydrogen (secondary N) is 1. The summed E-state index contributed by atoms with van der Waals surface area (Å²) in [6.07, 6.45) is 1.45. The third kappa shape index (κ3) is 2.87. The number of halogens is 1. The Bertz CT molecular complexity index is 776. The summed E-state index contributed by atoms with van der Waals surface area (Å²) in [4.78, 5) is 25.9. The van der Waals surface area contributed by atoms with Gasteiger partial charge in [-0.15, -0.1) is 5.10 Å². The molecule has 2 aromatic rings. The van der Waals surface area contributed by atoms with Crippen LogP contribution in [-0.2, 0) is 4.79 Å². The standard InChI is InChI=1S/C16H17ClN4O3/c1-9(10-5-2-3-6-11(10)17)15(22)21-8-4-7-12(21)13-14(16(23)24)19-20-18-13/h2-3,5-6,9,12H,4,7-8H2,1H3,(H,23,24)(H,18,19,20). The van der Waals surface area contributed by atoms with E-state index < -0.39 is 11.9 Å². The van der Waals surface area contributed by atoms with Gasteiger partial charge in [0.15, 0.2) is 5.69 Å². The van der Waals surface area contributed by atoms with E-state index in [0.717, 1.165) is 12.0 Å². The first kappa shape index (κ1) is 16.4. The highest BCUT2D eigenvalue weighted by atomic mass is 35.5. The molecule has 1 amide bonds. The van der Waals surface area contributed by atoms with Crippen LogP contribution < -0.4 is 0 Å². The summed E-state index contributed by atoms with van der Waals surface area (Å²) >= 11 is 6.20. The number of hydrogen-bond acceptors (Lipinski definition) is 4. The molecule has 2 unspecified atom stereocenters. The molecular weight excluding hydrogens is 332 g/mol. The fourth-order valence-corrected chi connectivity index (χ4v) is 3.45. The number of carboxylic acids is 1. The molecule has 1 fully saturated rings. The number of carbonyl (C=O) groups excluding carboxylic acids is 1. The average molecular weight is 349 g/mol. The number of hydrogen-bond donors (Lipinski definition) is 2. The van der Waals surface area contributed by atoms with Crippen LogP contribution in [0.4, 0.5) is 0 Å². The Morgan fingerprint density at radius 3 is 2.83 bits per heavy atom. The first-order valence-electron chi connectivity index (χ1n) is 7.69. The second-order valence-corrected chi connectivity index (χ2v) is 6.20. The molecule has 8 heteroatoms. The summed E-state index contributed by atoms with van der Waals surface area (Å²) in [6.45, 7) is 2.37. The Morgan fingerprint density at radius 1 is 1.38 bits per heavy atom. The van der Waals surface area contributed by atoms with Crippen molar-refractivity contribution in [3.8, 4) is 0 Å². The zero-order chi connectivity index (χ0) is 17.3. The Kier molecular flexibility index (Phi) is 4.53. The number of nitrogens with zero attached hydrogens (tertiary/aromatic N) is 3. The molecule has 3 rings (SSSR count). The lowest BCUT2D eigenvalue weighted by Gasteiger charge is -2.27. The third-order valence-electron chi connectivity index (χ3n) is 4.37. The van der Waals surface area contributed by atoms with Gasteiger partial charge in [0.2, 0.25) is 5.91 Å². The van der Waals surface area contributed by atoms with Gasteiger partial charge in [0.05, 0.1) is 12.0 Å². The van der Waals surface area contributed by atoms with Crippen molar-refractivity contribution in [2.45, 2.75) is 31.7 Å². The molecule has 2 N–H and O–H groups in total. The third-order valence-corrected chi connectivity index (χ3v) is 4.72. The average Bonchev–Trinajstić information content (AvgIpc) is 3.22. The van der Waals surface area contributed by atoms with Crippen LogP contribution in [0.25, 0.3) is 0 Å². The molecule has 126 valence electrons. The molecule has 7 nitrogen and oxygen atoms in total. The molecule has 2 heterocycles. The number of H-pyrrole nitrogens is 1. The summed E-state index contributed by atoms with van der Waals surface area (Å²) in [5.41, 5.74) is 0.929. The van der Waals surface area contributed by atoms with E-state index in [1.807, 2.05) is 18.2 Å². The topological polar surface area (TPSA) is 99.2 Å². The van der Waals surface area contributed by atoms with Gasteiger partial charge in [0.1, 0.15) is 5.69 Å². The van der Waals surface area contributed by atoms with Crippen molar-refractivity contribution >= 4 is 23.5 Å². The van der Waals surface area contributed by atoms with Crippen LogP contribution in [0.3, 0.4) is 0 Å². The zero-order valence-electron chi connectivity index (χ0n) is 13.1. The minimum absolute atomic E-state index is 0.0926. The van der Waals surface area contributed by atoms with Crippen LogP contribution in [0.2, 0.25) is 5.02 Å². The maximum Gasteiger partial charge on any atom is 0.358 e. The van der Waals surface area contributed by atoms with E-state index in [1.54, 1.807) is 17.9 Å². The smallest absolute Gasteiger partial charge is 0.358 e. The molecule has 0 bridgehead atoms. The Balaban J connectivity index is 1.88. The van der Waals surface area contributed by atoms with Crippen LogP contribution in [-0.4, -0.2) is 43.8 Å². The maximum atomic E-state index is 12.9. The number of likely N-dealkylation sites (tertiary alicyclic amines) is 1. The molecule has 24 heavy (non-hydrogen) atoms. The Morgan fingerprint density at radius 2 is 2.12 bits per heavy atom. The van der Waals surface area contributed by atoms with E-state index in [2.05, 4.69) is 15.4 Å². The lowest BCUT2D eigenvalue weighted by atomic mass is 9.98. The first-order valence-corrected chi connectivity index (χ1v) is 8.07. The van der Waals surface area contributed by atoms with E-state index in [1.165, 1.54) is 0 Å². The Hall–Kier alpha value is -2.41. The van der Waals surface area contributed by atoms with E-state index >= 15 is 0 Å². The molecule has 1 saturated heterocycles. The summed E-state index contributed by atoms with van der Waals surface area (Å²) in [6, 6.07) is 6.85. The van der Waals surface area contributed by atoms with Crippen molar-refractivity contribution in [1.29, 1.82) is 0 Å². The van der Waals surface area contributed by atoms with Crippen LogP contribution in [0.5, 0.6) is 0 Å². The number of aromatic amines is 1. The number of aromatic carboxylic acids is 1. The van der Waals surface area contributed by atoms with E-state index in [-0.39, 0.29) is 17.6 Å². The van der Waals surface area contributed by atoms with Crippen molar-refractivity contribution < 1.29 is 14.7 Å². The molecule has 0 aliphatic carbocycles. The van der Waals surface area contributed by atoms with Gasteiger partial charge < -0.3 is 10.0 Å². The van der Waals surface area contributed by atoms with Gasteiger partial charge in [-0.25, -0.2) is 4.79 Å². The molecule has 1 aromatic heterocycles. The zero-order valence-corrected chi connectivity index (χ0v) is 13.8. The molecule has 1 aliphatic heterocycles. The van der Waals surface area contributed by atoms with Crippen molar-refractivity contribution in [1.82, 2.24) is 20.3 Å². The van der Waals surface area contributed by atoms with Crippen LogP contribution in [0.1, 0.15) is 53.5 Å². The lowest BCUT2D eigenvalue weighted by Crippen LogP contribution is -2.34. The van der Waals surface area contributed by atoms with Crippen molar-refractivity contribution in [3.05, 3.63) is 46.2 Å². The summed E-state index contributed by atoms with van der Waals surface area (Å²) < 4.78 is 0. The molecule has 0 radical (unpaired) electrons. The van der Waals surface area contributed by atoms with E-state index in [4.69, 9.17) is 11.6 Å². The van der Waals surface area contributed by atoms with Gasteiger partial charge in [0.25, 0.3) is 0 Å². The molecular formula is C16H17ClN4O3. The van der Waals surface area contributed by atoms with Crippen LogP contribution >= 0.6 is 11.6 Å². The highest BCUT2D eigenvalue weighted by molar-refractivity contribution is 6.31. The number of carboxylic acid groups (broad SMARTS) is 1. The molecule has 2 atom stereocenters. The predicted octanol–water partition coefficient (Wildman–Crippen LogP) is 2.62. The van der Waals surface area contributed by atoms with Crippen LogP contribution in [0, 0.1) is 0 Å². The minimum atomic E-state index is -1.16. The van der Waals surface area contributed by atoms with Crippen LogP contribution in [0.15, 0.2) is 24.3 Å². The lowest BCUT2D eigenvalue weighted by molar-refractivity contribution is -0.133. The first-order chi connectivity index (χ1) is 11.5. The quantitative estimate of drug-likeness (QED) is 0.884. The SMILES string of the molecule is CC(C(=O)N1CCCC1c1n[nH]nc1C(=O)O)c1ccccc1Cl. The van der Waals surface area contributed by atoms with Gasteiger partial charge in [-0.3, -0.25) is 4.79 Å². The Labute approximate surface area is 143 Å². The van der Waals surface area contributed by atoms with Gasteiger partial charge in [0, 0.05) is 11.6 Å². The number of benzene rings is 1. The second-order valence-electron chi connectivity index (χ2n) is 5.80. The van der Waals surface area contributed by atoms with Gasteiger partial charge in [-0.2, -0.15) is 10.3 Å². The summed E-state index contributed by atoms with van der Waals surface area (Å²) in [5, 5.41) is 19.8. The highest BCUT2D eigenvalue weighted by Crippen LogP contribution is 2.35. The molecule has 1 aromatic carbocycles. The monoisotopic (exact) mass is 348 g/mol. The minimum Gasteiger partial charge on any atom is -0.476 e. The number of carbonyl (C=O) groups is 2. The number of rotatable bonds is 4. The van der Waals surface area contributed by atoms with Gasteiger partial charge >= 0.3 is 5.97 Å². The molecule has 1 aliphatic rings. The van der Waals surface area contributed by atoms with E-state index in [9.17, 15) is 14.7 Å². The fraction of sp³-hybridized carbons (Fsp3) is 0.375. The number of amides is 1. The van der Waals surface area contributed by atoms with E-state index in [0.29, 0.717) is 23.7 Å². The highest BCUT2D eigenvalue weighted by Gasteiger charge is 2.37. The number of aromatic nitrogens is 3. The molecule has 0 saturated carbocycles. The largest absolute Gasteiger partial charge is 0.476 e. The summed E-state index contributed by atoms with van der Waals surface area (Å²) in [5.74, 6) is -1.67. The predicted molar refractivity (Wildman–Crippen MR) is 86.9 cm³/mol. The molecule has 0 spiro atoms. The van der Waals surface area contributed by atoms with Gasteiger partial charge in [-0.1, -0.05) is 29.8 Å². The fourth-order valence-electron chi connectivity index (χ4n) is 3.15. The van der Waals surface area contributed by atoms with Crippen molar-refractivity contribution in [3.63, 3.8) is 0 Å². The van der Waals surface area contributed by atoms with Crippen molar-refractivity contribution in [2.75, 3.05) is 6.54 Å². The normalized spacial score (nSPS) is 18.6. The maximum absolute atomic E-state index is 12.9. The van der Waals surface area contributed by atoms with Gasteiger partial charge in [-0.05, 0) is 31.4 Å². The summed E-state index contributed by atoms with van der Waals surface area (Å²) in [7, 11) is 0. The second kappa shape index (κ2) is 6.60. The van der Waals surface area contributed by atoms with Crippen molar-refractivity contribution in [2.24, 2.45) is 0 Å².